The first-order valence-corrected chi connectivity index (χ1v) is 11.4. The lowest BCUT2D eigenvalue weighted by atomic mass is 9.93. The number of hydrogen-bond donors (Lipinski definition) is 1. The molecule has 4 rings (SSSR count). The van der Waals surface area contributed by atoms with Gasteiger partial charge in [0.2, 0.25) is 0 Å². The maximum atomic E-state index is 10.6. The van der Waals surface area contributed by atoms with Crippen LogP contribution in [-0.4, -0.2) is 49.8 Å². The zero-order valence-electron chi connectivity index (χ0n) is 16.6. The van der Waals surface area contributed by atoms with E-state index in [1.165, 1.54) is 11.1 Å². The fourth-order valence-corrected chi connectivity index (χ4v) is 4.70. The van der Waals surface area contributed by atoms with Gasteiger partial charge in [0.25, 0.3) is 0 Å². The summed E-state index contributed by atoms with van der Waals surface area (Å²) in [5.74, 6) is 1.67. The monoisotopic (exact) mass is 414 g/mol. The van der Waals surface area contributed by atoms with E-state index in [-0.39, 0.29) is 0 Å². The zero-order chi connectivity index (χ0) is 20.1. The largest absolute Gasteiger partial charge is 0.760 e. The summed E-state index contributed by atoms with van der Waals surface area (Å²) in [5.41, 5.74) is 3.79. The Morgan fingerprint density at radius 1 is 1.14 bits per heavy atom. The SMILES string of the molecule is O=S([O-])NCCC1CCN(c2ncnc3c2CCN(Cc2ccccc2)C3)CC1. The minimum absolute atomic E-state index is 0.529. The summed E-state index contributed by atoms with van der Waals surface area (Å²) in [5, 5.41) is 0. The van der Waals surface area contributed by atoms with Gasteiger partial charge in [-0.25, -0.2) is 14.7 Å². The Bertz CT molecular complexity index is 827. The maximum Gasteiger partial charge on any atom is 0.135 e. The van der Waals surface area contributed by atoms with Crippen LogP contribution in [0, 0.1) is 5.92 Å². The van der Waals surface area contributed by atoms with Gasteiger partial charge in [-0.2, -0.15) is 0 Å². The van der Waals surface area contributed by atoms with Gasteiger partial charge in [0.1, 0.15) is 12.1 Å². The van der Waals surface area contributed by atoms with Crippen LogP contribution in [0.1, 0.15) is 36.1 Å². The Hall–Kier alpha value is -1.87. The molecule has 1 fully saturated rings. The van der Waals surface area contributed by atoms with E-state index in [4.69, 9.17) is 0 Å². The maximum absolute atomic E-state index is 10.6. The Balaban J connectivity index is 1.35. The van der Waals surface area contributed by atoms with E-state index in [0.717, 1.165) is 69.9 Å². The fourth-order valence-electron chi connectivity index (χ4n) is 4.42. The molecule has 1 aromatic carbocycles. The molecule has 0 radical (unpaired) electrons. The molecule has 29 heavy (non-hydrogen) atoms. The first-order valence-electron chi connectivity index (χ1n) is 10.4. The second kappa shape index (κ2) is 9.75. The number of aromatic nitrogens is 2. The van der Waals surface area contributed by atoms with E-state index < -0.39 is 11.3 Å². The van der Waals surface area contributed by atoms with Crippen molar-refractivity contribution < 1.29 is 8.76 Å². The van der Waals surface area contributed by atoms with E-state index in [0.29, 0.717) is 12.5 Å². The van der Waals surface area contributed by atoms with Crippen molar-refractivity contribution in [1.29, 1.82) is 0 Å². The first-order chi connectivity index (χ1) is 14.2. The molecule has 2 aliphatic rings. The summed E-state index contributed by atoms with van der Waals surface area (Å²) < 4.78 is 23.7. The molecular weight excluding hydrogens is 386 g/mol. The van der Waals surface area contributed by atoms with Crippen molar-refractivity contribution in [3.05, 3.63) is 53.5 Å². The summed E-state index contributed by atoms with van der Waals surface area (Å²) in [6.07, 6.45) is 5.74. The highest BCUT2D eigenvalue weighted by molar-refractivity contribution is 7.77. The van der Waals surface area contributed by atoms with E-state index in [1.807, 2.05) is 0 Å². The topological polar surface area (TPSA) is 84.4 Å². The molecule has 1 N–H and O–H groups in total. The van der Waals surface area contributed by atoms with E-state index in [1.54, 1.807) is 6.33 Å². The lowest BCUT2D eigenvalue weighted by Gasteiger charge is -2.36. The average molecular weight is 415 g/mol. The smallest absolute Gasteiger partial charge is 0.135 e. The first kappa shape index (κ1) is 20.4. The van der Waals surface area contributed by atoms with Crippen LogP contribution in [0.15, 0.2) is 36.7 Å². The molecule has 1 atom stereocenters. The van der Waals surface area contributed by atoms with Crippen LogP contribution in [0.3, 0.4) is 0 Å². The number of hydrogen-bond acceptors (Lipinski definition) is 6. The van der Waals surface area contributed by atoms with Crippen LogP contribution in [0.5, 0.6) is 0 Å². The zero-order valence-corrected chi connectivity index (χ0v) is 17.4. The molecule has 0 aliphatic carbocycles. The standard InChI is InChI=1S/C21H29N5O2S/c27-29(28)24-10-6-17-7-12-26(13-8-17)21-19-9-11-25(15-20(19)22-16-23-21)14-18-4-2-1-3-5-18/h1-5,16-17,24H,6-15H2,(H,27,28)/p-1. The third-order valence-corrected chi connectivity index (χ3v) is 6.44. The third-order valence-electron chi connectivity index (χ3n) is 6.00. The molecule has 0 bridgehead atoms. The van der Waals surface area contributed by atoms with Crippen LogP contribution in [0.2, 0.25) is 0 Å². The van der Waals surface area contributed by atoms with Gasteiger partial charge in [-0.05, 0) is 37.2 Å². The number of rotatable bonds is 7. The predicted octanol–water partition coefficient (Wildman–Crippen LogP) is 2.03. The second-order valence-corrected chi connectivity index (χ2v) is 8.68. The molecule has 1 saturated heterocycles. The number of fused-ring (bicyclic) bond motifs is 1. The Morgan fingerprint density at radius 2 is 1.93 bits per heavy atom. The van der Waals surface area contributed by atoms with Gasteiger partial charge in [-0.3, -0.25) is 9.11 Å². The molecule has 8 heteroatoms. The van der Waals surface area contributed by atoms with Crippen LogP contribution in [0.4, 0.5) is 5.82 Å². The van der Waals surface area contributed by atoms with Crippen molar-refractivity contribution >= 4 is 17.1 Å². The van der Waals surface area contributed by atoms with Crippen molar-refractivity contribution in [3.63, 3.8) is 0 Å². The average Bonchev–Trinajstić information content (AvgIpc) is 2.74. The molecule has 7 nitrogen and oxygen atoms in total. The lowest BCUT2D eigenvalue weighted by Crippen LogP contribution is -2.38. The molecule has 3 heterocycles. The summed E-state index contributed by atoms with van der Waals surface area (Å²) in [7, 11) is 0. The van der Waals surface area contributed by atoms with Gasteiger partial charge in [0.05, 0.1) is 5.69 Å². The molecule has 1 aromatic heterocycles. The van der Waals surface area contributed by atoms with E-state index >= 15 is 0 Å². The highest BCUT2D eigenvalue weighted by Crippen LogP contribution is 2.30. The molecule has 0 saturated carbocycles. The lowest BCUT2D eigenvalue weighted by molar-refractivity contribution is 0.241. The summed E-state index contributed by atoms with van der Waals surface area (Å²) in [6.45, 7) is 5.32. The van der Waals surface area contributed by atoms with E-state index in [2.05, 4.69) is 54.8 Å². The molecule has 2 aromatic rings. The Morgan fingerprint density at radius 3 is 2.69 bits per heavy atom. The molecule has 2 aliphatic heterocycles. The highest BCUT2D eigenvalue weighted by Gasteiger charge is 2.26. The molecule has 0 spiro atoms. The molecular formula is C21H28N5O2S-. The number of piperidine rings is 1. The second-order valence-electron chi connectivity index (χ2n) is 7.92. The van der Waals surface area contributed by atoms with E-state index in [9.17, 15) is 8.76 Å². The molecule has 0 amide bonds. The number of nitrogens with one attached hydrogen (secondary N) is 1. The van der Waals surface area contributed by atoms with Crippen LogP contribution >= 0.6 is 0 Å². The minimum Gasteiger partial charge on any atom is -0.760 e. The third kappa shape index (κ3) is 5.39. The number of anilines is 1. The van der Waals surface area contributed by atoms with Crippen LogP contribution in [0.25, 0.3) is 0 Å². The quantitative estimate of drug-likeness (QED) is 0.698. The number of nitrogens with zero attached hydrogens (tertiary/aromatic N) is 4. The van der Waals surface area contributed by atoms with Crippen molar-refractivity contribution in [3.8, 4) is 0 Å². The number of benzene rings is 1. The summed E-state index contributed by atoms with van der Waals surface area (Å²) >= 11 is -2.16. The minimum atomic E-state index is -2.16. The van der Waals surface area contributed by atoms with Crippen molar-refractivity contribution in [2.45, 2.75) is 38.8 Å². The van der Waals surface area contributed by atoms with Crippen LogP contribution in [-0.2, 0) is 30.8 Å². The van der Waals surface area contributed by atoms with Gasteiger partial charge < -0.3 is 9.45 Å². The predicted molar refractivity (Wildman–Crippen MR) is 113 cm³/mol. The Labute approximate surface area is 175 Å². The fraction of sp³-hybridized carbons (Fsp3) is 0.524. The van der Waals surface area contributed by atoms with Crippen LogP contribution < -0.4 is 9.62 Å². The normalized spacial score (nSPS) is 19.1. The summed E-state index contributed by atoms with van der Waals surface area (Å²) in [6, 6.07) is 10.6. The van der Waals surface area contributed by atoms with Gasteiger partial charge in [-0.15, -0.1) is 0 Å². The van der Waals surface area contributed by atoms with Gasteiger partial charge in [-0.1, -0.05) is 30.3 Å². The van der Waals surface area contributed by atoms with Crippen molar-refractivity contribution in [2.75, 3.05) is 31.1 Å². The molecule has 156 valence electrons. The Kier molecular flexibility index (Phi) is 6.86. The molecule has 1 unspecified atom stereocenters. The highest BCUT2D eigenvalue weighted by atomic mass is 32.2. The van der Waals surface area contributed by atoms with Gasteiger partial charge in [0, 0.05) is 56.1 Å². The van der Waals surface area contributed by atoms with Crippen molar-refractivity contribution in [1.82, 2.24) is 19.6 Å². The van der Waals surface area contributed by atoms with Gasteiger partial charge >= 0.3 is 0 Å². The summed E-state index contributed by atoms with van der Waals surface area (Å²) in [4.78, 5) is 14.1. The van der Waals surface area contributed by atoms with Crippen molar-refractivity contribution in [2.24, 2.45) is 5.92 Å². The van der Waals surface area contributed by atoms with Gasteiger partial charge in [0.15, 0.2) is 0 Å².